The molecule has 25 heavy (non-hydrogen) atoms. The number of hydrogen-bond acceptors (Lipinski definition) is 3. The largest absolute Gasteiger partial charge is 0.496 e. The van der Waals surface area contributed by atoms with Crippen molar-refractivity contribution in [3.8, 4) is 5.75 Å². The Morgan fingerprint density at radius 3 is 2.60 bits per heavy atom. The summed E-state index contributed by atoms with van der Waals surface area (Å²) in [5.41, 5.74) is 2.48. The minimum atomic E-state index is 0. The summed E-state index contributed by atoms with van der Waals surface area (Å²) in [6.45, 7) is 3.87. The van der Waals surface area contributed by atoms with Gasteiger partial charge < -0.3 is 20.3 Å². The van der Waals surface area contributed by atoms with Crippen molar-refractivity contribution < 1.29 is 4.74 Å². The van der Waals surface area contributed by atoms with Crippen molar-refractivity contribution in [3.05, 3.63) is 29.3 Å². The Morgan fingerprint density at radius 1 is 1.32 bits per heavy atom. The van der Waals surface area contributed by atoms with Gasteiger partial charge in [-0.05, 0) is 57.8 Å². The number of nitrogens with one attached hydrogen (secondary N) is 2. The molecule has 1 atom stereocenters. The van der Waals surface area contributed by atoms with Gasteiger partial charge in [-0.3, -0.25) is 4.99 Å². The summed E-state index contributed by atoms with van der Waals surface area (Å²) in [6, 6.07) is 6.89. The number of methoxy groups -OCH3 is 1. The lowest BCUT2D eigenvalue weighted by atomic mass is 10.1. The molecule has 5 nitrogen and oxygen atoms in total. The highest BCUT2D eigenvalue weighted by Gasteiger charge is 2.32. The lowest BCUT2D eigenvalue weighted by molar-refractivity contribution is 0.264. The van der Waals surface area contributed by atoms with Crippen molar-refractivity contribution in [1.29, 1.82) is 0 Å². The van der Waals surface area contributed by atoms with Crippen molar-refractivity contribution in [2.45, 2.75) is 32.2 Å². The molecule has 0 heterocycles. The van der Waals surface area contributed by atoms with Gasteiger partial charge in [0.1, 0.15) is 5.75 Å². The van der Waals surface area contributed by atoms with E-state index in [1.165, 1.54) is 24.0 Å². The summed E-state index contributed by atoms with van der Waals surface area (Å²) in [7, 11) is 7.86. The number of halogens is 1. The van der Waals surface area contributed by atoms with Crippen LogP contribution in [0.2, 0.25) is 0 Å². The van der Waals surface area contributed by atoms with Crippen LogP contribution >= 0.6 is 24.0 Å². The first kappa shape index (κ1) is 22.0. The molecule has 0 amide bonds. The van der Waals surface area contributed by atoms with Crippen LogP contribution in [0.1, 0.15) is 24.0 Å². The Bertz CT molecular complexity index is 556. The molecule has 2 rings (SSSR count). The highest BCUT2D eigenvalue weighted by molar-refractivity contribution is 14.0. The number of rotatable bonds is 8. The van der Waals surface area contributed by atoms with Crippen LogP contribution in [0, 0.1) is 12.8 Å². The molecule has 0 bridgehead atoms. The molecule has 0 spiro atoms. The fourth-order valence-electron chi connectivity index (χ4n) is 3.09. The van der Waals surface area contributed by atoms with Crippen molar-refractivity contribution in [2.75, 3.05) is 41.3 Å². The Labute approximate surface area is 169 Å². The van der Waals surface area contributed by atoms with Gasteiger partial charge in [-0.25, -0.2) is 0 Å². The van der Waals surface area contributed by atoms with Gasteiger partial charge in [-0.2, -0.15) is 0 Å². The topological polar surface area (TPSA) is 48.9 Å². The summed E-state index contributed by atoms with van der Waals surface area (Å²) in [4.78, 5) is 6.65. The third-order valence-corrected chi connectivity index (χ3v) is 4.65. The zero-order chi connectivity index (χ0) is 17.5. The SMILES string of the molecule is CN=C(NCCc1cc(C)ccc1OC)NCC(C1CC1)N(C)C.I. The van der Waals surface area contributed by atoms with E-state index < -0.39 is 0 Å². The van der Waals surface area contributed by atoms with Crippen LogP contribution in [-0.2, 0) is 6.42 Å². The molecule has 0 saturated heterocycles. The van der Waals surface area contributed by atoms with Gasteiger partial charge in [-0.15, -0.1) is 24.0 Å². The van der Waals surface area contributed by atoms with Gasteiger partial charge in [0, 0.05) is 26.2 Å². The van der Waals surface area contributed by atoms with Gasteiger partial charge in [0.2, 0.25) is 0 Å². The summed E-state index contributed by atoms with van der Waals surface area (Å²) in [5, 5.41) is 6.87. The fraction of sp³-hybridized carbons (Fsp3) is 0.632. The van der Waals surface area contributed by atoms with Gasteiger partial charge in [0.15, 0.2) is 5.96 Å². The molecule has 2 N–H and O–H groups in total. The number of hydrogen-bond donors (Lipinski definition) is 2. The van der Waals surface area contributed by atoms with Crippen molar-refractivity contribution in [1.82, 2.24) is 15.5 Å². The van der Waals surface area contributed by atoms with E-state index in [1.54, 1.807) is 7.11 Å². The van der Waals surface area contributed by atoms with Crippen LogP contribution in [0.4, 0.5) is 0 Å². The van der Waals surface area contributed by atoms with Crippen molar-refractivity contribution >= 4 is 29.9 Å². The highest BCUT2D eigenvalue weighted by Crippen LogP contribution is 2.34. The molecule has 6 heteroatoms. The van der Waals surface area contributed by atoms with Crippen LogP contribution in [0.3, 0.4) is 0 Å². The number of likely N-dealkylation sites (N-methyl/N-ethyl adjacent to an activating group) is 1. The molecule has 1 saturated carbocycles. The summed E-state index contributed by atoms with van der Waals surface area (Å²) >= 11 is 0. The van der Waals surface area contributed by atoms with Gasteiger partial charge in [0.05, 0.1) is 7.11 Å². The number of nitrogens with zero attached hydrogens (tertiary/aromatic N) is 2. The average Bonchev–Trinajstić information content (AvgIpc) is 3.38. The molecular formula is C19H33IN4O. The van der Waals surface area contributed by atoms with Crippen LogP contribution in [0.5, 0.6) is 5.75 Å². The first-order valence-electron chi connectivity index (χ1n) is 8.79. The third kappa shape index (κ3) is 7.01. The standard InChI is InChI=1S/C19H32N4O.HI/c1-14-6-9-18(24-5)16(12-14)10-11-21-19(20-2)22-13-17(23(3)4)15-7-8-15;/h6,9,12,15,17H,7-8,10-11,13H2,1-5H3,(H2,20,21,22);1H. The van der Waals surface area contributed by atoms with E-state index in [0.717, 1.165) is 37.1 Å². The number of guanidine groups is 1. The molecule has 1 aromatic carbocycles. The van der Waals surface area contributed by atoms with E-state index >= 15 is 0 Å². The number of ether oxygens (including phenoxy) is 1. The normalized spacial score (nSPS) is 15.5. The zero-order valence-electron chi connectivity index (χ0n) is 16.1. The van der Waals surface area contributed by atoms with Crippen LogP contribution in [0.15, 0.2) is 23.2 Å². The molecule has 1 aliphatic carbocycles. The second kappa shape index (κ2) is 10.9. The molecule has 1 fully saturated rings. The summed E-state index contributed by atoms with van der Waals surface area (Å²) in [5.74, 6) is 2.66. The van der Waals surface area contributed by atoms with E-state index in [1.807, 2.05) is 13.1 Å². The van der Waals surface area contributed by atoms with Gasteiger partial charge >= 0.3 is 0 Å². The maximum Gasteiger partial charge on any atom is 0.191 e. The van der Waals surface area contributed by atoms with Crippen LogP contribution < -0.4 is 15.4 Å². The summed E-state index contributed by atoms with van der Waals surface area (Å²) in [6.07, 6.45) is 3.61. The summed E-state index contributed by atoms with van der Waals surface area (Å²) < 4.78 is 5.44. The molecule has 142 valence electrons. The fourth-order valence-corrected chi connectivity index (χ4v) is 3.09. The van der Waals surface area contributed by atoms with Gasteiger partial charge in [-0.1, -0.05) is 17.7 Å². The number of benzene rings is 1. The monoisotopic (exact) mass is 460 g/mol. The van der Waals surface area contributed by atoms with E-state index in [-0.39, 0.29) is 24.0 Å². The lowest BCUT2D eigenvalue weighted by Gasteiger charge is -2.25. The molecule has 0 aromatic heterocycles. The minimum absolute atomic E-state index is 0. The Kier molecular flexibility index (Phi) is 9.56. The predicted molar refractivity (Wildman–Crippen MR) is 116 cm³/mol. The van der Waals surface area contributed by atoms with E-state index in [2.05, 4.69) is 53.7 Å². The van der Waals surface area contributed by atoms with Crippen LogP contribution in [0.25, 0.3) is 0 Å². The van der Waals surface area contributed by atoms with E-state index in [9.17, 15) is 0 Å². The van der Waals surface area contributed by atoms with E-state index in [0.29, 0.717) is 6.04 Å². The maximum absolute atomic E-state index is 5.44. The third-order valence-electron chi connectivity index (χ3n) is 4.65. The Balaban J connectivity index is 0.00000312. The quantitative estimate of drug-likeness (QED) is 0.356. The first-order chi connectivity index (χ1) is 11.5. The number of aliphatic imine (C=N–C) groups is 1. The molecule has 0 radical (unpaired) electrons. The highest BCUT2D eigenvalue weighted by atomic mass is 127. The second-order valence-electron chi connectivity index (χ2n) is 6.81. The van der Waals surface area contributed by atoms with Crippen molar-refractivity contribution in [3.63, 3.8) is 0 Å². The molecule has 1 unspecified atom stereocenters. The Morgan fingerprint density at radius 2 is 2.04 bits per heavy atom. The Hall–Kier alpha value is -1.02. The minimum Gasteiger partial charge on any atom is -0.496 e. The zero-order valence-corrected chi connectivity index (χ0v) is 18.5. The average molecular weight is 460 g/mol. The second-order valence-corrected chi connectivity index (χ2v) is 6.81. The molecule has 0 aliphatic heterocycles. The number of aryl methyl sites for hydroxylation is 1. The predicted octanol–water partition coefficient (Wildman–Crippen LogP) is 2.67. The van der Waals surface area contributed by atoms with E-state index in [4.69, 9.17) is 4.74 Å². The molecule has 1 aliphatic rings. The smallest absolute Gasteiger partial charge is 0.191 e. The lowest BCUT2D eigenvalue weighted by Crippen LogP contribution is -2.46. The molecular weight excluding hydrogens is 427 g/mol. The first-order valence-corrected chi connectivity index (χ1v) is 8.79. The van der Waals surface area contributed by atoms with Gasteiger partial charge in [0.25, 0.3) is 0 Å². The van der Waals surface area contributed by atoms with Crippen LogP contribution in [-0.4, -0.2) is 58.2 Å². The van der Waals surface area contributed by atoms with Crippen molar-refractivity contribution in [2.24, 2.45) is 10.9 Å². The molecule has 1 aromatic rings. The maximum atomic E-state index is 5.44.